The Morgan fingerprint density at radius 3 is 1.11 bits per heavy atom. The fourth-order valence-corrected chi connectivity index (χ4v) is 8.86. The first-order chi connectivity index (χ1) is 20.9. The zero-order valence-electron chi connectivity index (χ0n) is 22.5. The van der Waals surface area contributed by atoms with Crippen LogP contribution in [0, 0.1) is 0 Å². The molecule has 0 fully saturated rings. The summed E-state index contributed by atoms with van der Waals surface area (Å²) in [6.07, 6.45) is 0. The lowest BCUT2D eigenvalue weighted by atomic mass is 10.2. The Morgan fingerprint density at radius 2 is 0.705 bits per heavy atom. The molecule has 1 N–H and O–H groups in total. The average Bonchev–Trinajstić information content (AvgIpc) is 3.53. The van der Waals surface area contributed by atoms with Crippen LogP contribution in [-0.2, 0) is 0 Å². The lowest BCUT2D eigenvalue weighted by Gasteiger charge is -2.09. The Bertz CT molecular complexity index is 2040. The number of hydrogen-bond donors (Lipinski definition) is 1. The molecule has 0 saturated heterocycles. The average molecular weight is 899 g/mol. The highest BCUT2D eigenvalue weighted by molar-refractivity contribution is 9.11. The maximum Gasteiger partial charge on any atom is 0.0541 e. The summed E-state index contributed by atoms with van der Waals surface area (Å²) < 4.78 is 7.65. The fourth-order valence-electron chi connectivity index (χ4n) is 5.19. The second kappa shape index (κ2) is 14.6. The van der Waals surface area contributed by atoms with Crippen molar-refractivity contribution in [2.75, 3.05) is 0 Å². The molecule has 0 atom stereocenters. The number of aromatic amines is 1. The highest BCUT2D eigenvalue weighted by Gasteiger charge is 2.11. The van der Waals surface area contributed by atoms with Crippen molar-refractivity contribution in [3.63, 3.8) is 0 Å². The second-order valence-electron chi connectivity index (χ2n) is 9.80. The van der Waals surface area contributed by atoms with Gasteiger partial charge in [0, 0.05) is 60.6 Å². The van der Waals surface area contributed by atoms with Gasteiger partial charge in [-0.1, -0.05) is 160 Å². The molecule has 2 nitrogen and oxygen atoms in total. The van der Waals surface area contributed by atoms with Gasteiger partial charge in [0.15, 0.2) is 0 Å². The third-order valence-corrected chi connectivity index (χ3v) is 9.22. The largest absolute Gasteiger partial charge is 0.355 e. The number of halogens is 5. The third kappa shape index (κ3) is 7.24. The van der Waals surface area contributed by atoms with E-state index in [2.05, 4.69) is 204 Å². The second-order valence-corrected chi connectivity index (χ2v) is 14.4. The number of hydrogen-bond acceptors (Lipinski definition) is 0. The first kappa shape index (κ1) is 32.7. The van der Waals surface area contributed by atoms with Gasteiger partial charge in [0.25, 0.3) is 0 Å². The highest BCUT2D eigenvalue weighted by atomic mass is 79.9. The van der Waals surface area contributed by atoms with E-state index >= 15 is 0 Å². The molecule has 6 aromatic carbocycles. The Morgan fingerprint density at radius 1 is 0.386 bits per heavy atom. The van der Waals surface area contributed by atoms with Crippen LogP contribution in [0.3, 0.4) is 0 Å². The standard InChI is InChI=1S/C18H11Br2N.C12H9N.C6H3Br3.CH4/c19-12-9-13(20)11-14(10-12)21-17-7-3-1-5-15(17)16-6-2-4-8-18(16)21;1-3-7-11-9(5-1)10-6-2-4-8-12(10)13-11;7-4-1-5(8)3-6(9)2-4;/h1-11H;1-8,13H;1-3H;1H4. The van der Waals surface area contributed by atoms with E-state index in [4.69, 9.17) is 0 Å². The molecule has 220 valence electrons. The molecule has 2 heterocycles. The molecule has 0 spiro atoms. The zero-order valence-corrected chi connectivity index (χ0v) is 30.5. The summed E-state index contributed by atoms with van der Waals surface area (Å²) >= 11 is 17.2. The number of aromatic nitrogens is 2. The first-order valence-electron chi connectivity index (χ1n) is 13.4. The molecule has 0 amide bonds. The minimum atomic E-state index is 0. The van der Waals surface area contributed by atoms with Crippen LogP contribution in [0.2, 0.25) is 0 Å². The van der Waals surface area contributed by atoms with Crippen molar-refractivity contribution in [2.24, 2.45) is 0 Å². The van der Waals surface area contributed by atoms with Gasteiger partial charge >= 0.3 is 0 Å². The normalized spacial score (nSPS) is 10.7. The molecule has 0 aliphatic rings. The number of nitrogens with zero attached hydrogens (tertiary/aromatic N) is 1. The molecule has 2 aromatic heterocycles. The van der Waals surface area contributed by atoms with E-state index < -0.39 is 0 Å². The van der Waals surface area contributed by atoms with Crippen molar-refractivity contribution in [2.45, 2.75) is 7.43 Å². The molecule has 0 saturated carbocycles. The fraction of sp³-hybridized carbons (Fsp3) is 0.0270. The molecule has 8 aromatic rings. The van der Waals surface area contributed by atoms with Gasteiger partial charge in [0.2, 0.25) is 0 Å². The SMILES string of the molecule is Brc1cc(Br)cc(-n2c3ccccc3c3ccccc32)c1.Brc1cc(Br)cc(Br)c1.C.c1ccc2c(c1)[nH]c1ccccc12. The quantitative estimate of drug-likeness (QED) is 0.169. The molecule has 0 radical (unpaired) electrons. The summed E-state index contributed by atoms with van der Waals surface area (Å²) in [6.45, 7) is 0. The van der Waals surface area contributed by atoms with Gasteiger partial charge in [-0.05, 0) is 60.7 Å². The van der Waals surface area contributed by atoms with E-state index in [1.165, 1.54) is 43.6 Å². The molecule has 44 heavy (non-hydrogen) atoms. The number of para-hydroxylation sites is 4. The van der Waals surface area contributed by atoms with Crippen LogP contribution in [0.25, 0.3) is 49.3 Å². The van der Waals surface area contributed by atoms with Crippen molar-refractivity contribution >= 4 is 123 Å². The lowest BCUT2D eigenvalue weighted by molar-refractivity contribution is 1.17. The summed E-state index contributed by atoms with van der Waals surface area (Å²) in [5, 5.41) is 5.17. The number of fused-ring (bicyclic) bond motifs is 6. The van der Waals surface area contributed by atoms with Crippen LogP contribution >= 0.6 is 79.6 Å². The Kier molecular flexibility index (Phi) is 10.9. The number of benzene rings is 6. The van der Waals surface area contributed by atoms with E-state index in [0.717, 1.165) is 28.1 Å². The lowest BCUT2D eigenvalue weighted by Crippen LogP contribution is -1.93. The van der Waals surface area contributed by atoms with Crippen LogP contribution < -0.4 is 0 Å². The summed E-state index contributed by atoms with van der Waals surface area (Å²) in [4.78, 5) is 3.38. The first-order valence-corrected chi connectivity index (χ1v) is 17.4. The Balaban J connectivity index is 0.000000143. The van der Waals surface area contributed by atoms with E-state index in [1.807, 2.05) is 18.2 Å². The van der Waals surface area contributed by atoms with E-state index in [0.29, 0.717) is 0 Å². The Labute approximate surface area is 299 Å². The molecule has 0 aliphatic carbocycles. The zero-order chi connectivity index (χ0) is 29.9. The van der Waals surface area contributed by atoms with Gasteiger partial charge in [0.05, 0.1) is 11.0 Å². The smallest absolute Gasteiger partial charge is 0.0541 e. The van der Waals surface area contributed by atoms with Crippen molar-refractivity contribution in [1.82, 2.24) is 9.55 Å². The van der Waals surface area contributed by atoms with Crippen molar-refractivity contribution < 1.29 is 0 Å². The Hall–Kier alpha value is -2.68. The third-order valence-electron chi connectivity index (χ3n) is 6.93. The van der Waals surface area contributed by atoms with Crippen LogP contribution in [0.4, 0.5) is 0 Å². The molecular formula is C37H27Br5N2. The van der Waals surface area contributed by atoms with Gasteiger partial charge in [0.1, 0.15) is 0 Å². The summed E-state index contributed by atoms with van der Waals surface area (Å²) in [6, 6.07) is 46.1. The molecule has 7 heteroatoms. The molecule has 8 rings (SSSR count). The van der Waals surface area contributed by atoms with E-state index in [9.17, 15) is 0 Å². The topological polar surface area (TPSA) is 20.7 Å². The molecule has 0 bridgehead atoms. The predicted octanol–water partition coefficient (Wildman–Crippen LogP) is 14.2. The van der Waals surface area contributed by atoms with Gasteiger partial charge in [-0.3, -0.25) is 0 Å². The number of H-pyrrole nitrogens is 1. The minimum absolute atomic E-state index is 0. The van der Waals surface area contributed by atoms with Crippen molar-refractivity contribution in [1.29, 1.82) is 0 Å². The van der Waals surface area contributed by atoms with E-state index in [1.54, 1.807) is 0 Å². The van der Waals surface area contributed by atoms with Crippen molar-refractivity contribution in [3.8, 4) is 5.69 Å². The minimum Gasteiger partial charge on any atom is -0.355 e. The predicted molar refractivity (Wildman–Crippen MR) is 208 cm³/mol. The molecule has 0 unspecified atom stereocenters. The van der Waals surface area contributed by atoms with Crippen LogP contribution in [0.1, 0.15) is 7.43 Å². The van der Waals surface area contributed by atoms with Crippen LogP contribution in [0.15, 0.2) is 156 Å². The summed E-state index contributed by atoms with van der Waals surface area (Å²) in [7, 11) is 0. The van der Waals surface area contributed by atoms with Crippen LogP contribution in [-0.4, -0.2) is 9.55 Å². The van der Waals surface area contributed by atoms with Crippen molar-refractivity contribution in [3.05, 3.63) is 156 Å². The van der Waals surface area contributed by atoms with Gasteiger partial charge in [-0.25, -0.2) is 0 Å². The monoisotopic (exact) mass is 894 g/mol. The molecular weight excluding hydrogens is 872 g/mol. The molecule has 0 aliphatic heterocycles. The summed E-state index contributed by atoms with van der Waals surface area (Å²) in [5.74, 6) is 0. The van der Waals surface area contributed by atoms with E-state index in [-0.39, 0.29) is 7.43 Å². The number of rotatable bonds is 1. The maximum atomic E-state index is 3.58. The highest BCUT2D eigenvalue weighted by Crippen LogP contribution is 2.33. The number of nitrogens with one attached hydrogen (secondary N) is 1. The maximum absolute atomic E-state index is 3.58. The van der Waals surface area contributed by atoms with Crippen LogP contribution in [0.5, 0.6) is 0 Å². The van der Waals surface area contributed by atoms with Gasteiger partial charge in [-0.15, -0.1) is 0 Å². The van der Waals surface area contributed by atoms with Gasteiger partial charge < -0.3 is 9.55 Å². The van der Waals surface area contributed by atoms with Gasteiger partial charge in [-0.2, -0.15) is 0 Å². The summed E-state index contributed by atoms with van der Waals surface area (Å²) in [5.41, 5.74) is 6.02.